The number of hydrogen-bond acceptors (Lipinski definition) is 8. The van der Waals surface area contributed by atoms with Gasteiger partial charge >= 0.3 is 5.97 Å². The Morgan fingerprint density at radius 2 is 2.10 bits per heavy atom. The molecule has 1 aromatic rings. The standard InChI is InChI=1S/C18H21N5O6/c1-2-29-17(26)14-15(12-4-3-5-13(10-12)23(27)28)19-18(20-16(14)25)22-8-6-21(11-24)7-9-22/h3-5,10-11,14-15H,2,6-9H2,1H3,(H,19,20,25)/t14-,15+/m1/s1. The second-order valence-electron chi connectivity index (χ2n) is 6.60. The molecular formula is C18H21N5O6. The summed E-state index contributed by atoms with van der Waals surface area (Å²) in [6.07, 6.45) is 0.765. The molecule has 1 saturated heterocycles. The summed E-state index contributed by atoms with van der Waals surface area (Å²) in [6, 6.07) is 4.76. The van der Waals surface area contributed by atoms with Gasteiger partial charge in [-0.25, -0.2) is 4.99 Å². The van der Waals surface area contributed by atoms with E-state index in [0.717, 1.165) is 6.41 Å². The number of amides is 2. The van der Waals surface area contributed by atoms with E-state index in [4.69, 9.17) is 4.74 Å². The second kappa shape index (κ2) is 8.67. The lowest BCUT2D eigenvalue weighted by molar-refractivity contribution is -0.384. The summed E-state index contributed by atoms with van der Waals surface area (Å²) in [4.78, 5) is 54.7. The highest BCUT2D eigenvalue weighted by atomic mass is 16.6. The number of hydrogen-bond donors (Lipinski definition) is 1. The summed E-state index contributed by atoms with van der Waals surface area (Å²) < 4.78 is 5.03. The van der Waals surface area contributed by atoms with Crippen molar-refractivity contribution in [2.75, 3.05) is 32.8 Å². The number of aliphatic imine (C=N–C) groups is 1. The van der Waals surface area contributed by atoms with Crippen LogP contribution in [-0.2, 0) is 19.1 Å². The molecule has 0 aliphatic carbocycles. The molecule has 0 bridgehead atoms. The van der Waals surface area contributed by atoms with E-state index in [2.05, 4.69) is 10.3 Å². The quantitative estimate of drug-likeness (QED) is 0.242. The highest BCUT2D eigenvalue weighted by Crippen LogP contribution is 2.32. The average molecular weight is 403 g/mol. The fourth-order valence-corrected chi connectivity index (χ4v) is 3.33. The normalized spacial score (nSPS) is 21.8. The molecule has 0 unspecified atom stereocenters. The number of guanidine groups is 1. The van der Waals surface area contributed by atoms with Gasteiger partial charge in [-0.15, -0.1) is 0 Å². The summed E-state index contributed by atoms with van der Waals surface area (Å²) in [7, 11) is 0. The first-order valence-corrected chi connectivity index (χ1v) is 9.18. The maximum atomic E-state index is 12.8. The van der Waals surface area contributed by atoms with Gasteiger partial charge in [0, 0.05) is 38.3 Å². The molecule has 2 aliphatic rings. The van der Waals surface area contributed by atoms with Crippen LogP contribution in [0.15, 0.2) is 29.3 Å². The number of esters is 1. The van der Waals surface area contributed by atoms with E-state index in [1.807, 2.05) is 4.90 Å². The molecular weight excluding hydrogens is 382 g/mol. The lowest BCUT2D eigenvalue weighted by Crippen LogP contribution is -2.57. The molecule has 1 aromatic carbocycles. The first-order valence-electron chi connectivity index (χ1n) is 9.18. The molecule has 2 amide bonds. The Bertz CT molecular complexity index is 849. The average Bonchev–Trinajstić information content (AvgIpc) is 2.73. The van der Waals surface area contributed by atoms with Crippen LogP contribution in [0.3, 0.4) is 0 Å². The van der Waals surface area contributed by atoms with Crippen LogP contribution in [0.2, 0.25) is 0 Å². The third-order valence-electron chi connectivity index (χ3n) is 4.82. The van der Waals surface area contributed by atoms with Crippen molar-refractivity contribution in [1.29, 1.82) is 0 Å². The Balaban J connectivity index is 1.96. The molecule has 1 N–H and O–H groups in total. The van der Waals surface area contributed by atoms with Crippen LogP contribution in [0.1, 0.15) is 18.5 Å². The Morgan fingerprint density at radius 1 is 1.38 bits per heavy atom. The van der Waals surface area contributed by atoms with E-state index in [1.165, 1.54) is 18.2 Å². The summed E-state index contributed by atoms with van der Waals surface area (Å²) in [5, 5.41) is 13.8. The number of carbonyl (C=O) groups is 3. The topological polar surface area (TPSA) is 134 Å². The van der Waals surface area contributed by atoms with Crippen molar-refractivity contribution in [3.63, 3.8) is 0 Å². The molecule has 2 atom stereocenters. The number of ether oxygens (including phenoxy) is 1. The SMILES string of the molecule is CCOC(=O)[C@H]1C(=O)NC(N2CCN(C=O)CC2)=N[C@H]1c1cccc([N+](=O)[O-])c1. The Hall–Kier alpha value is -3.50. The Labute approximate surface area is 166 Å². The van der Waals surface area contributed by atoms with E-state index < -0.39 is 28.8 Å². The number of carbonyl (C=O) groups excluding carboxylic acids is 3. The molecule has 0 aromatic heterocycles. The second-order valence-corrected chi connectivity index (χ2v) is 6.60. The number of benzene rings is 1. The van der Waals surface area contributed by atoms with Gasteiger partial charge in [-0.2, -0.15) is 0 Å². The lowest BCUT2D eigenvalue weighted by Gasteiger charge is -2.37. The third-order valence-corrected chi connectivity index (χ3v) is 4.82. The summed E-state index contributed by atoms with van der Waals surface area (Å²) in [5.74, 6) is -2.30. The van der Waals surface area contributed by atoms with Crippen molar-refractivity contribution >= 4 is 29.9 Å². The monoisotopic (exact) mass is 403 g/mol. The van der Waals surface area contributed by atoms with Gasteiger partial charge in [-0.1, -0.05) is 12.1 Å². The van der Waals surface area contributed by atoms with Gasteiger partial charge in [0.1, 0.15) is 6.04 Å². The number of nitrogens with one attached hydrogen (secondary N) is 1. The molecule has 3 rings (SSSR count). The van der Waals surface area contributed by atoms with Gasteiger partial charge in [0.05, 0.1) is 11.5 Å². The lowest BCUT2D eigenvalue weighted by atomic mass is 9.91. The van der Waals surface area contributed by atoms with E-state index in [1.54, 1.807) is 17.9 Å². The fourth-order valence-electron chi connectivity index (χ4n) is 3.33. The number of nitro groups is 1. The molecule has 29 heavy (non-hydrogen) atoms. The predicted octanol–water partition coefficient (Wildman–Crippen LogP) is 0.0750. The van der Waals surface area contributed by atoms with Gasteiger partial charge in [0.15, 0.2) is 5.92 Å². The first kappa shape index (κ1) is 20.2. The van der Waals surface area contributed by atoms with Gasteiger partial charge in [-0.05, 0) is 12.5 Å². The van der Waals surface area contributed by atoms with Crippen molar-refractivity contribution in [1.82, 2.24) is 15.1 Å². The van der Waals surface area contributed by atoms with E-state index in [-0.39, 0.29) is 18.3 Å². The molecule has 0 saturated carbocycles. The van der Waals surface area contributed by atoms with Crippen LogP contribution in [0.4, 0.5) is 5.69 Å². The Morgan fingerprint density at radius 3 is 2.72 bits per heavy atom. The highest BCUT2D eigenvalue weighted by Gasteiger charge is 2.42. The molecule has 11 heteroatoms. The summed E-state index contributed by atoms with van der Waals surface area (Å²) in [5.41, 5.74) is 0.212. The smallest absolute Gasteiger partial charge is 0.321 e. The maximum absolute atomic E-state index is 12.8. The minimum atomic E-state index is -1.25. The minimum Gasteiger partial charge on any atom is -0.465 e. The third kappa shape index (κ3) is 4.33. The number of piperazine rings is 1. The van der Waals surface area contributed by atoms with Crippen molar-refractivity contribution in [2.24, 2.45) is 10.9 Å². The molecule has 1 fully saturated rings. The summed E-state index contributed by atoms with van der Waals surface area (Å²) >= 11 is 0. The number of nitro benzene ring substituents is 1. The number of non-ortho nitro benzene ring substituents is 1. The predicted molar refractivity (Wildman–Crippen MR) is 101 cm³/mol. The number of rotatable bonds is 5. The zero-order valence-electron chi connectivity index (χ0n) is 15.8. The van der Waals surface area contributed by atoms with Gasteiger partial charge in [0.25, 0.3) is 5.69 Å². The van der Waals surface area contributed by atoms with Crippen LogP contribution in [0, 0.1) is 16.0 Å². The van der Waals surface area contributed by atoms with Crippen LogP contribution < -0.4 is 5.32 Å². The Kier molecular flexibility index (Phi) is 6.05. The molecule has 2 heterocycles. The van der Waals surface area contributed by atoms with Crippen molar-refractivity contribution in [3.05, 3.63) is 39.9 Å². The molecule has 0 spiro atoms. The molecule has 154 valence electrons. The van der Waals surface area contributed by atoms with Crippen LogP contribution in [0.25, 0.3) is 0 Å². The van der Waals surface area contributed by atoms with Crippen molar-refractivity contribution in [3.8, 4) is 0 Å². The fraction of sp³-hybridized carbons (Fsp3) is 0.444. The zero-order valence-corrected chi connectivity index (χ0v) is 15.8. The molecule has 2 aliphatic heterocycles. The van der Waals surface area contributed by atoms with E-state index in [9.17, 15) is 24.5 Å². The summed E-state index contributed by atoms with van der Waals surface area (Å²) in [6.45, 7) is 3.59. The van der Waals surface area contributed by atoms with Crippen LogP contribution in [-0.4, -0.2) is 71.8 Å². The first-order chi connectivity index (χ1) is 13.9. The minimum absolute atomic E-state index is 0.0918. The highest BCUT2D eigenvalue weighted by molar-refractivity contribution is 6.08. The van der Waals surface area contributed by atoms with Crippen LogP contribution in [0.5, 0.6) is 0 Å². The van der Waals surface area contributed by atoms with Gasteiger partial charge in [-0.3, -0.25) is 29.8 Å². The molecule has 0 radical (unpaired) electrons. The largest absolute Gasteiger partial charge is 0.465 e. The zero-order chi connectivity index (χ0) is 21.0. The van der Waals surface area contributed by atoms with E-state index >= 15 is 0 Å². The van der Waals surface area contributed by atoms with E-state index in [0.29, 0.717) is 31.7 Å². The maximum Gasteiger partial charge on any atom is 0.321 e. The van der Waals surface area contributed by atoms with Crippen molar-refractivity contribution in [2.45, 2.75) is 13.0 Å². The van der Waals surface area contributed by atoms with Gasteiger partial charge < -0.3 is 14.5 Å². The van der Waals surface area contributed by atoms with Gasteiger partial charge in [0.2, 0.25) is 18.3 Å². The van der Waals surface area contributed by atoms with Crippen LogP contribution >= 0.6 is 0 Å². The number of nitrogens with zero attached hydrogens (tertiary/aromatic N) is 4. The molecule has 11 nitrogen and oxygen atoms in total. The van der Waals surface area contributed by atoms with Crippen molar-refractivity contribution < 1.29 is 24.0 Å².